The van der Waals surface area contributed by atoms with Crippen molar-refractivity contribution in [2.75, 3.05) is 19.0 Å². The number of benzene rings is 1. The third-order valence-electron chi connectivity index (χ3n) is 6.08. The van der Waals surface area contributed by atoms with Gasteiger partial charge in [0.15, 0.2) is 5.75 Å². The van der Waals surface area contributed by atoms with Crippen LogP contribution >= 0.6 is 0 Å². The van der Waals surface area contributed by atoms with Crippen LogP contribution < -0.4 is 15.4 Å². The summed E-state index contributed by atoms with van der Waals surface area (Å²) in [6.45, 7) is 3.29. The van der Waals surface area contributed by atoms with Gasteiger partial charge in [-0.05, 0) is 44.1 Å². The first-order valence-electron chi connectivity index (χ1n) is 9.97. The number of nitrogens with zero attached hydrogens (tertiary/aromatic N) is 2. The maximum atomic E-state index is 12.9. The number of hydrogen-bond acceptors (Lipinski definition) is 6. The molecule has 2 fully saturated rings. The molecule has 162 valence electrons. The van der Waals surface area contributed by atoms with Gasteiger partial charge in [-0.25, -0.2) is 4.79 Å². The van der Waals surface area contributed by atoms with Gasteiger partial charge in [-0.3, -0.25) is 24.6 Å². The third-order valence-corrected chi connectivity index (χ3v) is 6.08. The van der Waals surface area contributed by atoms with Crippen molar-refractivity contribution in [3.8, 4) is 5.75 Å². The number of carbonyl (C=O) groups excluding carboxylic acids is 3. The minimum absolute atomic E-state index is 0.00234. The lowest BCUT2D eigenvalue weighted by Crippen LogP contribution is -2.49. The molecular weight excluding hydrogens is 392 g/mol. The molecule has 1 saturated carbocycles. The van der Waals surface area contributed by atoms with Gasteiger partial charge in [0.1, 0.15) is 12.1 Å². The highest BCUT2D eigenvalue weighted by molar-refractivity contribution is 6.10. The van der Waals surface area contributed by atoms with Crippen LogP contribution in [-0.4, -0.2) is 46.9 Å². The van der Waals surface area contributed by atoms with Crippen molar-refractivity contribution >= 4 is 29.2 Å². The predicted octanol–water partition coefficient (Wildman–Crippen LogP) is 2.74. The van der Waals surface area contributed by atoms with E-state index in [1.807, 2.05) is 0 Å². The fourth-order valence-corrected chi connectivity index (χ4v) is 4.18. The molecule has 0 radical (unpaired) electrons. The van der Waals surface area contributed by atoms with Crippen molar-refractivity contribution in [1.82, 2.24) is 10.2 Å². The van der Waals surface area contributed by atoms with Crippen molar-refractivity contribution in [3.05, 3.63) is 27.8 Å². The number of nitro groups is 1. The van der Waals surface area contributed by atoms with E-state index < -0.39 is 28.9 Å². The molecule has 2 aliphatic rings. The van der Waals surface area contributed by atoms with Gasteiger partial charge in [-0.15, -0.1) is 0 Å². The third kappa shape index (κ3) is 3.94. The van der Waals surface area contributed by atoms with Crippen LogP contribution in [0.5, 0.6) is 5.75 Å². The highest BCUT2D eigenvalue weighted by atomic mass is 16.6. The van der Waals surface area contributed by atoms with Crippen molar-refractivity contribution in [2.45, 2.75) is 51.5 Å². The van der Waals surface area contributed by atoms with E-state index in [4.69, 9.17) is 4.74 Å². The Bertz CT molecular complexity index is 892. The second kappa shape index (κ2) is 8.29. The van der Waals surface area contributed by atoms with Gasteiger partial charge in [0.2, 0.25) is 5.91 Å². The van der Waals surface area contributed by atoms with E-state index in [0.717, 1.165) is 24.2 Å². The molecule has 30 heavy (non-hydrogen) atoms. The molecule has 1 heterocycles. The Morgan fingerprint density at radius 2 is 2.03 bits per heavy atom. The van der Waals surface area contributed by atoms with Gasteiger partial charge in [-0.2, -0.15) is 0 Å². The summed E-state index contributed by atoms with van der Waals surface area (Å²) in [5.41, 5.74) is -0.350. The zero-order valence-electron chi connectivity index (χ0n) is 17.3. The van der Waals surface area contributed by atoms with E-state index in [1.54, 1.807) is 6.92 Å². The summed E-state index contributed by atoms with van der Waals surface area (Å²) < 4.78 is 5.02. The monoisotopic (exact) mass is 418 g/mol. The normalized spacial score (nSPS) is 23.4. The number of anilines is 1. The second-order valence-corrected chi connectivity index (χ2v) is 7.90. The Morgan fingerprint density at radius 1 is 1.37 bits per heavy atom. The Morgan fingerprint density at radius 3 is 2.60 bits per heavy atom. The first-order valence-corrected chi connectivity index (χ1v) is 9.97. The fraction of sp³-hybridized carbons (Fsp3) is 0.550. The predicted molar refractivity (Wildman–Crippen MR) is 108 cm³/mol. The van der Waals surface area contributed by atoms with Crippen LogP contribution in [0.1, 0.15) is 44.6 Å². The molecular formula is C20H26N4O6. The van der Waals surface area contributed by atoms with Gasteiger partial charge >= 0.3 is 11.7 Å². The van der Waals surface area contributed by atoms with E-state index in [0.29, 0.717) is 30.0 Å². The van der Waals surface area contributed by atoms with Crippen molar-refractivity contribution < 1.29 is 24.0 Å². The zero-order chi connectivity index (χ0) is 22.1. The van der Waals surface area contributed by atoms with Crippen LogP contribution in [0.3, 0.4) is 0 Å². The van der Waals surface area contributed by atoms with E-state index >= 15 is 0 Å². The van der Waals surface area contributed by atoms with E-state index in [9.17, 15) is 24.5 Å². The summed E-state index contributed by atoms with van der Waals surface area (Å²) in [4.78, 5) is 49.4. The number of imide groups is 1. The molecule has 0 bridgehead atoms. The molecule has 10 heteroatoms. The lowest BCUT2D eigenvalue weighted by molar-refractivity contribution is -0.385. The molecule has 1 spiro atoms. The van der Waals surface area contributed by atoms with Crippen LogP contribution in [0.4, 0.5) is 16.2 Å². The highest BCUT2D eigenvalue weighted by Crippen LogP contribution is 2.38. The topological polar surface area (TPSA) is 131 Å². The van der Waals surface area contributed by atoms with Crippen LogP contribution in [-0.2, 0) is 9.59 Å². The van der Waals surface area contributed by atoms with E-state index in [1.165, 1.54) is 19.2 Å². The minimum Gasteiger partial charge on any atom is -0.490 e. The summed E-state index contributed by atoms with van der Waals surface area (Å²) in [6.07, 6.45) is 3.93. The number of hydrogen-bond donors (Lipinski definition) is 2. The number of rotatable bonds is 6. The molecule has 4 amide bonds. The highest BCUT2D eigenvalue weighted by Gasteiger charge is 2.52. The first-order chi connectivity index (χ1) is 14.2. The molecule has 0 atom stereocenters. The number of nitrogens with one attached hydrogen (secondary N) is 2. The molecule has 0 unspecified atom stereocenters. The Kier molecular flexibility index (Phi) is 5.95. The summed E-state index contributed by atoms with van der Waals surface area (Å²) in [7, 11) is 1.29. The zero-order valence-corrected chi connectivity index (χ0v) is 17.3. The lowest BCUT2D eigenvalue weighted by Gasteiger charge is -2.34. The molecule has 1 aromatic carbocycles. The number of nitro benzene ring substituents is 1. The van der Waals surface area contributed by atoms with Crippen LogP contribution in [0.15, 0.2) is 12.1 Å². The average molecular weight is 418 g/mol. The fourth-order valence-electron chi connectivity index (χ4n) is 4.18. The van der Waals surface area contributed by atoms with E-state index in [-0.39, 0.29) is 17.3 Å². The van der Waals surface area contributed by atoms with Gasteiger partial charge in [0.25, 0.3) is 5.91 Å². The van der Waals surface area contributed by atoms with Gasteiger partial charge < -0.3 is 15.4 Å². The molecule has 3 rings (SSSR count). The molecule has 2 N–H and O–H groups in total. The Hall–Kier alpha value is -3.17. The number of aryl methyl sites for hydroxylation is 1. The second-order valence-electron chi connectivity index (χ2n) is 7.90. The van der Waals surface area contributed by atoms with Crippen molar-refractivity contribution in [2.24, 2.45) is 5.92 Å². The maximum Gasteiger partial charge on any atom is 0.325 e. The largest absolute Gasteiger partial charge is 0.490 e. The standard InChI is InChI=1S/C20H26N4O6/c1-4-13-5-7-20(8-6-13)18(26)23(19(27)22-20)11-17(25)21-14-10-16(30-3)15(24(28)29)9-12(14)2/h9-10,13H,4-8,11H2,1-3H3,(H,21,25)(H,22,27). The van der Waals surface area contributed by atoms with Gasteiger partial charge in [-0.1, -0.05) is 13.3 Å². The van der Waals surface area contributed by atoms with Crippen molar-refractivity contribution in [1.29, 1.82) is 0 Å². The summed E-state index contributed by atoms with van der Waals surface area (Å²) in [5, 5.41) is 16.5. The van der Waals surface area contributed by atoms with Crippen LogP contribution in [0.25, 0.3) is 0 Å². The summed E-state index contributed by atoms with van der Waals surface area (Å²) in [6, 6.07) is 2.08. The van der Waals surface area contributed by atoms with Gasteiger partial charge in [0, 0.05) is 17.8 Å². The molecule has 1 aromatic rings. The number of methoxy groups -OCH3 is 1. The van der Waals surface area contributed by atoms with Gasteiger partial charge in [0.05, 0.1) is 12.0 Å². The number of carbonyl (C=O) groups is 3. The molecule has 1 saturated heterocycles. The molecule has 10 nitrogen and oxygen atoms in total. The molecule has 0 aromatic heterocycles. The van der Waals surface area contributed by atoms with Crippen molar-refractivity contribution in [3.63, 3.8) is 0 Å². The maximum absolute atomic E-state index is 12.9. The summed E-state index contributed by atoms with van der Waals surface area (Å²) >= 11 is 0. The Labute approximate surface area is 174 Å². The molecule has 1 aliphatic carbocycles. The first kappa shape index (κ1) is 21.5. The summed E-state index contributed by atoms with van der Waals surface area (Å²) in [5.74, 6) is -0.382. The average Bonchev–Trinajstić information content (AvgIpc) is 2.93. The number of ether oxygens (including phenoxy) is 1. The minimum atomic E-state index is -0.907. The Balaban J connectivity index is 1.70. The SMILES string of the molecule is CCC1CCC2(CC1)NC(=O)N(CC(=O)Nc1cc(OC)c([N+](=O)[O-])cc1C)C2=O. The van der Waals surface area contributed by atoms with Crippen LogP contribution in [0.2, 0.25) is 0 Å². The lowest BCUT2D eigenvalue weighted by atomic mass is 9.75. The molecule has 1 aliphatic heterocycles. The number of amides is 4. The van der Waals surface area contributed by atoms with Crippen LogP contribution in [0, 0.1) is 23.0 Å². The van der Waals surface area contributed by atoms with E-state index in [2.05, 4.69) is 17.6 Å². The quantitative estimate of drug-likeness (QED) is 0.415. The smallest absolute Gasteiger partial charge is 0.325 e. The number of urea groups is 1.